The third-order valence-corrected chi connectivity index (χ3v) is 6.46. The summed E-state index contributed by atoms with van der Waals surface area (Å²) >= 11 is 0. The van der Waals surface area contributed by atoms with Gasteiger partial charge in [-0.2, -0.15) is 5.26 Å². The van der Waals surface area contributed by atoms with Crippen LogP contribution in [0.4, 0.5) is 11.4 Å². The number of benzene rings is 3. The topological polar surface area (TPSA) is 73.6 Å². The molecule has 0 bridgehead atoms. The van der Waals surface area contributed by atoms with Crippen LogP contribution in [0.2, 0.25) is 0 Å². The van der Waals surface area contributed by atoms with Gasteiger partial charge in [-0.25, -0.2) is 8.42 Å². The molecule has 3 rings (SSSR count). The second-order valence-electron chi connectivity index (χ2n) is 6.91. The molecule has 30 heavy (non-hydrogen) atoms. The van der Waals surface area contributed by atoms with Crippen LogP contribution in [0.5, 0.6) is 5.75 Å². The van der Waals surface area contributed by atoms with E-state index in [1.54, 1.807) is 43.5 Å². The normalized spacial score (nSPS) is 10.9. The van der Waals surface area contributed by atoms with E-state index in [-0.39, 0.29) is 11.4 Å². The molecule has 154 valence electrons. The molecule has 0 atom stereocenters. The fraction of sp³-hybridized carbons (Fsp3) is 0.174. The molecule has 0 aliphatic carbocycles. The molecule has 0 aromatic heterocycles. The Hall–Kier alpha value is -3.50. The molecule has 0 unspecified atom stereocenters. The van der Waals surface area contributed by atoms with Crippen molar-refractivity contribution >= 4 is 21.4 Å². The molecule has 6 nitrogen and oxygen atoms in total. The Balaban J connectivity index is 2.05. The fourth-order valence-electron chi connectivity index (χ4n) is 2.98. The number of hydrogen-bond donors (Lipinski definition) is 0. The summed E-state index contributed by atoms with van der Waals surface area (Å²) in [6, 6.07) is 22.6. The number of sulfonamides is 1. The summed E-state index contributed by atoms with van der Waals surface area (Å²) in [6.45, 7) is 0.152. The van der Waals surface area contributed by atoms with Gasteiger partial charge in [0.2, 0.25) is 0 Å². The smallest absolute Gasteiger partial charge is 0.264 e. The first-order valence-corrected chi connectivity index (χ1v) is 10.7. The van der Waals surface area contributed by atoms with Crippen molar-refractivity contribution in [2.24, 2.45) is 0 Å². The Morgan fingerprint density at radius 3 is 2.13 bits per heavy atom. The zero-order valence-electron chi connectivity index (χ0n) is 17.1. The Bertz CT molecular complexity index is 1150. The summed E-state index contributed by atoms with van der Waals surface area (Å²) < 4.78 is 33.6. The average Bonchev–Trinajstić information content (AvgIpc) is 2.77. The van der Waals surface area contributed by atoms with Crippen molar-refractivity contribution < 1.29 is 13.2 Å². The number of rotatable bonds is 7. The Morgan fingerprint density at radius 1 is 0.933 bits per heavy atom. The number of nitriles is 1. The Kier molecular flexibility index (Phi) is 6.28. The van der Waals surface area contributed by atoms with Gasteiger partial charge in [0.15, 0.2) is 0 Å². The maximum Gasteiger partial charge on any atom is 0.264 e. The number of anilines is 2. The van der Waals surface area contributed by atoms with E-state index >= 15 is 0 Å². The van der Waals surface area contributed by atoms with Crippen LogP contribution in [0.15, 0.2) is 77.7 Å². The lowest BCUT2D eigenvalue weighted by Crippen LogP contribution is -2.30. The molecule has 0 radical (unpaired) electrons. The number of hydrogen-bond acceptors (Lipinski definition) is 5. The van der Waals surface area contributed by atoms with Gasteiger partial charge in [0.05, 0.1) is 35.9 Å². The van der Waals surface area contributed by atoms with E-state index in [0.717, 1.165) is 11.3 Å². The Morgan fingerprint density at radius 2 is 1.57 bits per heavy atom. The van der Waals surface area contributed by atoms with E-state index in [1.807, 2.05) is 49.3 Å². The maximum absolute atomic E-state index is 13.5. The first-order valence-electron chi connectivity index (χ1n) is 9.28. The van der Waals surface area contributed by atoms with Crippen molar-refractivity contribution in [3.8, 4) is 11.8 Å². The summed E-state index contributed by atoms with van der Waals surface area (Å²) in [7, 11) is 1.56. The molecule has 0 N–H and O–H groups in total. The van der Waals surface area contributed by atoms with Gasteiger partial charge in [-0.05, 0) is 60.2 Å². The Labute approximate surface area is 177 Å². The first-order chi connectivity index (χ1) is 14.3. The third kappa shape index (κ3) is 4.56. The predicted molar refractivity (Wildman–Crippen MR) is 118 cm³/mol. The largest absolute Gasteiger partial charge is 0.497 e. The summed E-state index contributed by atoms with van der Waals surface area (Å²) in [5.41, 5.74) is 2.67. The van der Waals surface area contributed by atoms with Gasteiger partial charge in [-0.15, -0.1) is 0 Å². The van der Waals surface area contributed by atoms with Crippen LogP contribution in [0.3, 0.4) is 0 Å². The second-order valence-corrected chi connectivity index (χ2v) is 8.77. The van der Waals surface area contributed by atoms with Gasteiger partial charge in [0.25, 0.3) is 10.0 Å². The average molecular weight is 422 g/mol. The first kappa shape index (κ1) is 21.2. The van der Waals surface area contributed by atoms with Gasteiger partial charge in [-0.1, -0.05) is 18.2 Å². The lowest BCUT2D eigenvalue weighted by Gasteiger charge is -2.25. The van der Waals surface area contributed by atoms with Gasteiger partial charge >= 0.3 is 0 Å². The second kappa shape index (κ2) is 8.89. The summed E-state index contributed by atoms with van der Waals surface area (Å²) in [6.07, 6.45) is 0. The van der Waals surface area contributed by atoms with Crippen LogP contribution in [0.1, 0.15) is 11.1 Å². The molecule has 0 saturated heterocycles. The van der Waals surface area contributed by atoms with Gasteiger partial charge in [0.1, 0.15) is 5.75 Å². The highest BCUT2D eigenvalue weighted by atomic mass is 32.2. The van der Waals surface area contributed by atoms with E-state index in [4.69, 9.17) is 4.74 Å². The van der Waals surface area contributed by atoms with Gasteiger partial charge in [0, 0.05) is 19.8 Å². The molecule has 0 saturated carbocycles. The van der Waals surface area contributed by atoms with E-state index in [2.05, 4.69) is 0 Å². The minimum Gasteiger partial charge on any atom is -0.497 e. The number of nitrogens with zero attached hydrogens (tertiary/aromatic N) is 3. The number of methoxy groups -OCH3 is 1. The lowest BCUT2D eigenvalue weighted by molar-refractivity contribution is 0.415. The minimum atomic E-state index is -3.90. The van der Waals surface area contributed by atoms with E-state index < -0.39 is 10.0 Å². The molecule has 3 aromatic rings. The third-order valence-electron chi connectivity index (χ3n) is 4.69. The SMILES string of the molecule is COc1ccc(N(Cc2ccc(N(C)C)cc2)S(=O)(=O)c2cccc(C#N)c2)cc1. The van der Waals surface area contributed by atoms with Crippen LogP contribution in [0.25, 0.3) is 0 Å². The minimum absolute atomic E-state index is 0.0716. The maximum atomic E-state index is 13.5. The van der Waals surface area contributed by atoms with Crippen LogP contribution in [0, 0.1) is 11.3 Å². The standard InChI is InChI=1S/C23H23N3O3S/c1-25(2)20-9-7-18(8-10-20)17-26(21-11-13-22(29-3)14-12-21)30(27,28)23-6-4-5-19(15-23)16-24/h4-15H,17H2,1-3H3. The highest BCUT2D eigenvalue weighted by molar-refractivity contribution is 7.92. The van der Waals surface area contributed by atoms with E-state index in [1.165, 1.54) is 16.4 Å². The molecule has 0 fully saturated rings. The van der Waals surface area contributed by atoms with Crippen molar-refractivity contribution in [2.45, 2.75) is 11.4 Å². The van der Waals surface area contributed by atoms with Crippen molar-refractivity contribution in [1.29, 1.82) is 5.26 Å². The fourth-order valence-corrected chi connectivity index (χ4v) is 4.48. The zero-order chi connectivity index (χ0) is 21.7. The number of ether oxygens (including phenoxy) is 1. The van der Waals surface area contributed by atoms with Crippen LogP contribution < -0.4 is 13.9 Å². The van der Waals surface area contributed by atoms with Crippen LogP contribution in [-0.4, -0.2) is 29.6 Å². The van der Waals surface area contributed by atoms with Crippen molar-refractivity contribution in [3.63, 3.8) is 0 Å². The molecule has 3 aromatic carbocycles. The van der Waals surface area contributed by atoms with Crippen molar-refractivity contribution in [3.05, 3.63) is 83.9 Å². The van der Waals surface area contributed by atoms with E-state index in [0.29, 0.717) is 17.0 Å². The highest BCUT2D eigenvalue weighted by Gasteiger charge is 2.25. The van der Waals surface area contributed by atoms with Crippen LogP contribution >= 0.6 is 0 Å². The molecular formula is C23H23N3O3S. The summed E-state index contributed by atoms with van der Waals surface area (Å²) in [4.78, 5) is 2.05. The molecule has 0 spiro atoms. The summed E-state index contributed by atoms with van der Waals surface area (Å²) in [5.74, 6) is 0.637. The van der Waals surface area contributed by atoms with Gasteiger partial charge in [-0.3, -0.25) is 4.31 Å². The summed E-state index contributed by atoms with van der Waals surface area (Å²) in [5, 5.41) is 9.17. The molecule has 0 heterocycles. The molecule has 7 heteroatoms. The highest BCUT2D eigenvalue weighted by Crippen LogP contribution is 2.28. The lowest BCUT2D eigenvalue weighted by atomic mass is 10.2. The monoisotopic (exact) mass is 421 g/mol. The van der Waals surface area contributed by atoms with Gasteiger partial charge < -0.3 is 9.64 Å². The molecule has 0 amide bonds. The predicted octanol–water partition coefficient (Wildman–Crippen LogP) is 4.03. The molecule has 0 aliphatic heterocycles. The van der Waals surface area contributed by atoms with Crippen LogP contribution in [-0.2, 0) is 16.6 Å². The van der Waals surface area contributed by atoms with E-state index in [9.17, 15) is 13.7 Å². The van der Waals surface area contributed by atoms with Crippen molar-refractivity contribution in [1.82, 2.24) is 0 Å². The molecular weight excluding hydrogens is 398 g/mol. The molecule has 0 aliphatic rings. The quantitative estimate of drug-likeness (QED) is 0.576. The van der Waals surface area contributed by atoms with Crippen molar-refractivity contribution in [2.75, 3.05) is 30.4 Å². The zero-order valence-corrected chi connectivity index (χ0v) is 17.9.